The van der Waals surface area contributed by atoms with Gasteiger partial charge in [0.2, 0.25) is 5.91 Å². The monoisotopic (exact) mass is 296 g/mol. The Hall–Kier alpha value is -1.44. The summed E-state index contributed by atoms with van der Waals surface area (Å²) in [6, 6.07) is 1.63. The minimum absolute atomic E-state index is 0.121. The number of thiophene rings is 1. The normalized spacial score (nSPS) is 16.9. The van der Waals surface area contributed by atoms with Crippen LogP contribution in [0.5, 0.6) is 0 Å². The highest BCUT2D eigenvalue weighted by Gasteiger charge is 2.35. The van der Waals surface area contributed by atoms with E-state index >= 15 is 0 Å². The molecule has 1 fully saturated rings. The van der Waals surface area contributed by atoms with Gasteiger partial charge in [0.1, 0.15) is 5.00 Å². The van der Waals surface area contributed by atoms with Gasteiger partial charge < -0.3 is 16.4 Å². The van der Waals surface area contributed by atoms with Crippen LogP contribution in [0.4, 0.5) is 5.00 Å². The van der Waals surface area contributed by atoms with Crippen molar-refractivity contribution in [2.24, 2.45) is 5.73 Å². The average Bonchev–Trinajstić information content (AvgIpc) is 2.88. The molecule has 0 bridgehead atoms. The summed E-state index contributed by atoms with van der Waals surface area (Å²) in [5.74, 6) is -0.647. The van der Waals surface area contributed by atoms with Gasteiger partial charge in [-0.25, -0.2) is 0 Å². The van der Waals surface area contributed by atoms with Gasteiger partial charge in [-0.1, -0.05) is 0 Å². The van der Waals surface area contributed by atoms with E-state index in [1.54, 1.807) is 11.4 Å². The van der Waals surface area contributed by atoms with Gasteiger partial charge in [0.15, 0.2) is 0 Å². The highest BCUT2D eigenvalue weighted by molar-refractivity contribution is 7.14. The SMILES string of the molecule is CC(C)(C(=O)Nc1sccc1C(N)=O)N1CCNCC1. The first-order valence-corrected chi connectivity index (χ1v) is 7.45. The Morgan fingerprint density at radius 3 is 2.65 bits per heavy atom. The van der Waals surface area contributed by atoms with Crippen LogP contribution < -0.4 is 16.4 Å². The summed E-state index contributed by atoms with van der Waals surface area (Å²) in [6.45, 7) is 7.20. The van der Waals surface area contributed by atoms with Crippen molar-refractivity contribution in [2.45, 2.75) is 19.4 Å². The molecule has 1 aromatic heterocycles. The van der Waals surface area contributed by atoms with E-state index in [1.807, 2.05) is 13.8 Å². The highest BCUT2D eigenvalue weighted by atomic mass is 32.1. The van der Waals surface area contributed by atoms with E-state index in [-0.39, 0.29) is 5.91 Å². The predicted octanol–water partition coefficient (Wildman–Crippen LogP) is 0.469. The van der Waals surface area contributed by atoms with Crippen molar-refractivity contribution in [3.63, 3.8) is 0 Å². The molecule has 2 amide bonds. The first kappa shape index (κ1) is 15.0. The molecule has 0 unspecified atom stereocenters. The topological polar surface area (TPSA) is 87.5 Å². The standard InChI is InChI=1S/C13H20N4O2S/c1-13(2,17-6-4-15-5-7-17)12(19)16-11-9(10(14)18)3-8-20-11/h3,8,15H,4-7H2,1-2H3,(H2,14,18)(H,16,19). The van der Waals surface area contributed by atoms with Gasteiger partial charge in [0.05, 0.1) is 11.1 Å². The molecule has 0 saturated carbocycles. The first-order valence-electron chi connectivity index (χ1n) is 6.57. The quantitative estimate of drug-likeness (QED) is 0.754. The molecular weight excluding hydrogens is 276 g/mol. The van der Waals surface area contributed by atoms with Gasteiger partial charge in [-0.05, 0) is 25.3 Å². The van der Waals surface area contributed by atoms with E-state index in [2.05, 4.69) is 15.5 Å². The third kappa shape index (κ3) is 3.00. The van der Waals surface area contributed by atoms with Crippen molar-refractivity contribution in [3.8, 4) is 0 Å². The fraction of sp³-hybridized carbons (Fsp3) is 0.538. The summed E-state index contributed by atoms with van der Waals surface area (Å²) >= 11 is 1.31. The van der Waals surface area contributed by atoms with E-state index in [4.69, 9.17) is 5.73 Å². The van der Waals surface area contributed by atoms with Gasteiger partial charge in [-0.3, -0.25) is 14.5 Å². The predicted molar refractivity (Wildman–Crippen MR) is 80.0 cm³/mol. The Balaban J connectivity index is 2.10. The third-order valence-corrected chi connectivity index (χ3v) is 4.45. The molecule has 1 aliphatic heterocycles. The molecule has 0 aromatic carbocycles. The number of rotatable bonds is 4. The molecule has 110 valence electrons. The van der Waals surface area contributed by atoms with Crippen LogP contribution in [0.3, 0.4) is 0 Å². The lowest BCUT2D eigenvalue weighted by molar-refractivity contribution is -0.126. The smallest absolute Gasteiger partial charge is 0.251 e. The molecule has 4 N–H and O–H groups in total. The summed E-state index contributed by atoms with van der Waals surface area (Å²) < 4.78 is 0. The Bertz CT molecular complexity index is 506. The molecule has 2 rings (SSSR count). The summed E-state index contributed by atoms with van der Waals surface area (Å²) in [6.07, 6.45) is 0. The van der Waals surface area contributed by atoms with E-state index < -0.39 is 11.4 Å². The zero-order chi connectivity index (χ0) is 14.8. The number of nitrogens with two attached hydrogens (primary N) is 1. The van der Waals surface area contributed by atoms with Gasteiger partial charge in [-0.2, -0.15) is 0 Å². The van der Waals surface area contributed by atoms with Crippen molar-refractivity contribution in [1.82, 2.24) is 10.2 Å². The molecule has 1 aromatic rings. The Morgan fingerprint density at radius 2 is 2.05 bits per heavy atom. The number of nitrogens with zero attached hydrogens (tertiary/aromatic N) is 1. The van der Waals surface area contributed by atoms with Crippen molar-refractivity contribution >= 4 is 28.2 Å². The maximum absolute atomic E-state index is 12.5. The minimum atomic E-state index is -0.624. The van der Waals surface area contributed by atoms with Crippen LogP contribution >= 0.6 is 11.3 Å². The lowest BCUT2D eigenvalue weighted by Gasteiger charge is -2.39. The molecule has 0 spiro atoms. The molecule has 2 heterocycles. The van der Waals surface area contributed by atoms with E-state index in [0.29, 0.717) is 10.6 Å². The number of hydrogen-bond donors (Lipinski definition) is 3. The number of anilines is 1. The molecule has 0 aliphatic carbocycles. The van der Waals surface area contributed by atoms with Crippen LogP contribution in [0.15, 0.2) is 11.4 Å². The molecule has 0 radical (unpaired) electrons. The molecule has 0 atom stereocenters. The molecule has 6 nitrogen and oxygen atoms in total. The van der Waals surface area contributed by atoms with Crippen LogP contribution in [-0.4, -0.2) is 48.4 Å². The van der Waals surface area contributed by atoms with Crippen LogP contribution in [0.1, 0.15) is 24.2 Å². The van der Waals surface area contributed by atoms with Crippen molar-refractivity contribution in [3.05, 3.63) is 17.0 Å². The average molecular weight is 296 g/mol. The largest absolute Gasteiger partial charge is 0.366 e. The highest BCUT2D eigenvalue weighted by Crippen LogP contribution is 2.25. The van der Waals surface area contributed by atoms with Crippen LogP contribution in [-0.2, 0) is 4.79 Å². The summed E-state index contributed by atoms with van der Waals surface area (Å²) in [7, 11) is 0. The number of carbonyl (C=O) groups excluding carboxylic acids is 2. The molecule has 1 aliphatic rings. The van der Waals surface area contributed by atoms with Crippen molar-refractivity contribution < 1.29 is 9.59 Å². The Labute approximate surface area is 122 Å². The summed E-state index contributed by atoms with van der Waals surface area (Å²) in [5.41, 5.74) is 5.02. The summed E-state index contributed by atoms with van der Waals surface area (Å²) in [4.78, 5) is 25.9. The minimum Gasteiger partial charge on any atom is -0.366 e. The molecule has 1 saturated heterocycles. The maximum Gasteiger partial charge on any atom is 0.251 e. The van der Waals surface area contributed by atoms with Crippen LogP contribution in [0.2, 0.25) is 0 Å². The van der Waals surface area contributed by atoms with Gasteiger partial charge in [-0.15, -0.1) is 11.3 Å². The molecular formula is C13H20N4O2S. The number of piperazine rings is 1. The van der Waals surface area contributed by atoms with Crippen molar-refractivity contribution in [2.75, 3.05) is 31.5 Å². The second-order valence-corrected chi connectivity index (χ2v) is 6.19. The number of hydrogen-bond acceptors (Lipinski definition) is 5. The Morgan fingerprint density at radius 1 is 1.40 bits per heavy atom. The second-order valence-electron chi connectivity index (χ2n) is 5.28. The first-order chi connectivity index (χ1) is 9.43. The zero-order valence-electron chi connectivity index (χ0n) is 11.7. The fourth-order valence-electron chi connectivity index (χ4n) is 2.22. The number of primary amides is 1. The molecule has 20 heavy (non-hydrogen) atoms. The maximum atomic E-state index is 12.5. The van der Waals surface area contributed by atoms with E-state index in [1.165, 1.54) is 11.3 Å². The second kappa shape index (κ2) is 5.90. The zero-order valence-corrected chi connectivity index (χ0v) is 12.5. The Kier molecular flexibility index (Phi) is 4.42. The van der Waals surface area contributed by atoms with Crippen LogP contribution in [0, 0.1) is 0 Å². The van der Waals surface area contributed by atoms with Gasteiger partial charge in [0, 0.05) is 26.2 Å². The number of nitrogens with one attached hydrogen (secondary N) is 2. The van der Waals surface area contributed by atoms with Crippen LogP contribution in [0.25, 0.3) is 0 Å². The lowest BCUT2D eigenvalue weighted by atomic mass is 10.0. The van der Waals surface area contributed by atoms with Gasteiger partial charge >= 0.3 is 0 Å². The molecule has 7 heteroatoms. The van der Waals surface area contributed by atoms with E-state index in [0.717, 1.165) is 26.2 Å². The number of amides is 2. The van der Waals surface area contributed by atoms with Gasteiger partial charge in [0.25, 0.3) is 5.91 Å². The van der Waals surface area contributed by atoms with E-state index in [9.17, 15) is 9.59 Å². The van der Waals surface area contributed by atoms with Crippen molar-refractivity contribution in [1.29, 1.82) is 0 Å². The number of carbonyl (C=O) groups is 2. The fourth-order valence-corrected chi connectivity index (χ4v) is 3.01. The lowest BCUT2D eigenvalue weighted by Crippen LogP contribution is -2.58. The summed E-state index contributed by atoms with van der Waals surface area (Å²) in [5, 5.41) is 8.35. The third-order valence-electron chi connectivity index (χ3n) is 3.62.